The predicted octanol–water partition coefficient (Wildman–Crippen LogP) is 5.26. The van der Waals surface area contributed by atoms with Gasteiger partial charge < -0.3 is 15.0 Å². The maximum atomic E-state index is 13.2. The quantitative estimate of drug-likeness (QED) is 0.293. The van der Waals surface area contributed by atoms with E-state index in [1.165, 1.54) is 35.7 Å². The Bertz CT molecular complexity index is 1460. The van der Waals surface area contributed by atoms with Crippen LogP contribution in [-0.2, 0) is 22.1 Å². The average molecular weight is 603 g/mol. The van der Waals surface area contributed by atoms with Crippen LogP contribution in [-0.4, -0.2) is 56.9 Å². The fraction of sp³-hybridized carbons (Fsp3) is 0.280. The number of amides is 1. The number of nitrogens with one attached hydrogen (secondary N) is 1. The molecule has 0 spiro atoms. The zero-order valence-corrected chi connectivity index (χ0v) is 22.8. The van der Waals surface area contributed by atoms with Gasteiger partial charge in [-0.15, -0.1) is 11.6 Å². The lowest BCUT2D eigenvalue weighted by atomic mass is 10.1. The number of nitrogens with zero attached hydrogens (tertiary/aromatic N) is 3. The second-order valence-electron chi connectivity index (χ2n) is 8.57. The predicted molar refractivity (Wildman–Crippen MR) is 142 cm³/mol. The van der Waals surface area contributed by atoms with Gasteiger partial charge in [-0.2, -0.15) is 17.5 Å². The minimum Gasteiger partial charge on any atom is -0.496 e. The summed E-state index contributed by atoms with van der Waals surface area (Å²) in [6.45, 7) is 0.322. The van der Waals surface area contributed by atoms with Crippen molar-refractivity contribution in [3.8, 4) is 5.75 Å². The molecule has 4 rings (SSSR count). The number of ether oxygens (including phenoxy) is 1. The number of halogens is 5. The van der Waals surface area contributed by atoms with Crippen molar-refractivity contribution < 1.29 is 31.1 Å². The van der Waals surface area contributed by atoms with Gasteiger partial charge in [0.05, 0.1) is 23.1 Å². The fourth-order valence-corrected chi connectivity index (χ4v) is 5.83. The summed E-state index contributed by atoms with van der Waals surface area (Å²) in [5.74, 6) is 0.159. The van der Waals surface area contributed by atoms with Crippen LogP contribution in [0, 0.1) is 0 Å². The number of aromatic nitrogens is 1. The van der Waals surface area contributed by atoms with E-state index < -0.39 is 27.7 Å². The number of sulfonamides is 1. The Morgan fingerprint density at radius 3 is 2.31 bits per heavy atom. The molecular weight excluding hydrogens is 580 g/mol. The van der Waals surface area contributed by atoms with E-state index >= 15 is 0 Å². The minimum absolute atomic E-state index is 0.0101. The minimum atomic E-state index is -4.58. The first-order chi connectivity index (χ1) is 18.4. The normalized spacial score (nSPS) is 14.8. The van der Waals surface area contributed by atoms with Crippen LogP contribution in [0.2, 0.25) is 5.15 Å². The lowest BCUT2D eigenvalue weighted by Crippen LogP contribution is -2.49. The molecule has 8 nitrogen and oxygen atoms in total. The van der Waals surface area contributed by atoms with Crippen LogP contribution in [0.15, 0.2) is 59.5 Å². The number of alkyl halides is 4. The summed E-state index contributed by atoms with van der Waals surface area (Å²) in [4.78, 5) is 18.3. The molecule has 2 heterocycles. The molecule has 0 bridgehead atoms. The molecule has 39 heavy (non-hydrogen) atoms. The molecular formula is C25H23Cl2F3N4O4S. The van der Waals surface area contributed by atoms with Crippen molar-refractivity contribution >= 4 is 50.6 Å². The number of rotatable bonds is 7. The van der Waals surface area contributed by atoms with Crippen LogP contribution < -0.4 is 15.0 Å². The largest absolute Gasteiger partial charge is 0.496 e. The van der Waals surface area contributed by atoms with Crippen LogP contribution in [0.3, 0.4) is 0 Å². The van der Waals surface area contributed by atoms with Gasteiger partial charge in [-0.1, -0.05) is 17.7 Å². The van der Waals surface area contributed by atoms with E-state index in [-0.39, 0.29) is 53.5 Å². The first-order valence-electron chi connectivity index (χ1n) is 11.6. The van der Waals surface area contributed by atoms with Gasteiger partial charge in [0.1, 0.15) is 16.7 Å². The van der Waals surface area contributed by atoms with Gasteiger partial charge in [-0.25, -0.2) is 13.4 Å². The van der Waals surface area contributed by atoms with Crippen molar-refractivity contribution in [2.75, 3.05) is 43.5 Å². The van der Waals surface area contributed by atoms with Gasteiger partial charge in [0, 0.05) is 37.7 Å². The first-order valence-corrected chi connectivity index (χ1v) is 13.9. The molecule has 2 aromatic carbocycles. The highest BCUT2D eigenvalue weighted by Crippen LogP contribution is 2.33. The second kappa shape index (κ2) is 11.6. The van der Waals surface area contributed by atoms with Crippen molar-refractivity contribution in [1.82, 2.24) is 9.29 Å². The molecule has 1 aliphatic rings. The Hall–Kier alpha value is -3.06. The van der Waals surface area contributed by atoms with Gasteiger partial charge in [0.15, 0.2) is 0 Å². The van der Waals surface area contributed by atoms with E-state index in [4.69, 9.17) is 27.9 Å². The third kappa shape index (κ3) is 6.57. The molecule has 1 amide bonds. The molecule has 0 atom stereocenters. The monoisotopic (exact) mass is 602 g/mol. The molecule has 1 saturated heterocycles. The number of hydrogen-bond donors (Lipinski definition) is 1. The van der Waals surface area contributed by atoms with E-state index in [9.17, 15) is 26.4 Å². The lowest BCUT2D eigenvalue weighted by Gasteiger charge is -2.35. The molecule has 1 N–H and O–H groups in total. The van der Waals surface area contributed by atoms with Crippen molar-refractivity contribution in [2.24, 2.45) is 0 Å². The molecule has 0 saturated carbocycles. The van der Waals surface area contributed by atoms with Crippen molar-refractivity contribution in [3.05, 3.63) is 76.4 Å². The maximum Gasteiger partial charge on any atom is 0.416 e. The first kappa shape index (κ1) is 28.9. The van der Waals surface area contributed by atoms with Crippen LogP contribution in [0.5, 0.6) is 5.75 Å². The second-order valence-corrected chi connectivity index (χ2v) is 11.2. The number of carbonyl (C=O) groups is 1. The Morgan fingerprint density at radius 2 is 1.72 bits per heavy atom. The summed E-state index contributed by atoms with van der Waals surface area (Å²) in [5, 5.41) is 2.41. The topological polar surface area (TPSA) is 91.8 Å². The lowest BCUT2D eigenvalue weighted by molar-refractivity contribution is -0.137. The van der Waals surface area contributed by atoms with Gasteiger partial charge >= 0.3 is 6.18 Å². The number of methoxy groups -OCH3 is 1. The van der Waals surface area contributed by atoms with Crippen molar-refractivity contribution in [2.45, 2.75) is 17.0 Å². The Morgan fingerprint density at radius 1 is 1.05 bits per heavy atom. The van der Waals surface area contributed by atoms with E-state index in [1.54, 1.807) is 23.1 Å². The SMILES string of the molecule is COc1ccc(CCl)cc1C(=O)Nc1ccc(S(=O)(=O)N2CCN(c3cc(C(F)(F)F)cc(Cl)n3)CC2)cc1. The molecule has 3 aromatic rings. The molecule has 1 aliphatic heterocycles. The highest BCUT2D eigenvalue weighted by atomic mass is 35.5. The third-order valence-electron chi connectivity index (χ3n) is 6.08. The summed E-state index contributed by atoms with van der Waals surface area (Å²) in [5.41, 5.74) is 0.456. The number of hydrogen-bond acceptors (Lipinski definition) is 6. The molecule has 14 heteroatoms. The molecule has 1 fully saturated rings. The van der Waals surface area contributed by atoms with E-state index in [2.05, 4.69) is 10.3 Å². The van der Waals surface area contributed by atoms with Crippen LogP contribution in [0.4, 0.5) is 24.7 Å². The van der Waals surface area contributed by atoms with Crippen molar-refractivity contribution in [3.63, 3.8) is 0 Å². The molecule has 1 aromatic heterocycles. The van der Waals surface area contributed by atoms with Gasteiger partial charge in [0.2, 0.25) is 10.0 Å². The summed E-state index contributed by atoms with van der Waals surface area (Å²) in [6.07, 6.45) is -4.58. The Kier molecular flexibility index (Phi) is 8.60. The molecule has 208 valence electrons. The molecule has 0 aliphatic carbocycles. The summed E-state index contributed by atoms with van der Waals surface area (Å²) in [7, 11) is -2.45. The summed E-state index contributed by atoms with van der Waals surface area (Å²) in [6, 6.07) is 12.3. The zero-order chi connectivity index (χ0) is 28.4. The van der Waals surface area contributed by atoms with E-state index in [0.29, 0.717) is 11.4 Å². The number of anilines is 2. The smallest absolute Gasteiger partial charge is 0.416 e. The van der Waals surface area contributed by atoms with Gasteiger partial charge in [0.25, 0.3) is 5.91 Å². The molecule has 0 unspecified atom stereocenters. The third-order valence-corrected chi connectivity index (χ3v) is 8.50. The Balaban J connectivity index is 1.43. The van der Waals surface area contributed by atoms with E-state index in [0.717, 1.165) is 17.7 Å². The fourth-order valence-electron chi connectivity index (χ4n) is 4.04. The van der Waals surface area contributed by atoms with Crippen LogP contribution >= 0.6 is 23.2 Å². The van der Waals surface area contributed by atoms with Crippen LogP contribution in [0.25, 0.3) is 0 Å². The highest BCUT2D eigenvalue weighted by molar-refractivity contribution is 7.89. The zero-order valence-electron chi connectivity index (χ0n) is 20.5. The summed E-state index contributed by atoms with van der Waals surface area (Å²) >= 11 is 11.6. The highest BCUT2D eigenvalue weighted by Gasteiger charge is 2.33. The van der Waals surface area contributed by atoms with Gasteiger partial charge in [-0.3, -0.25) is 4.79 Å². The number of benzene rings is 2. The Labute approximate surface area is 233 Å². The summed E-state index contributed by atoms with van der Waals surface area (Å²) < 4.78 is 72.3. The van der Waals surface area contributed by atoms with Crippen LogP contribution in [0.1, 0.15) is 21.5 Å². The maximum absolute atomic E-state index is 13.2. The number of pyridine rings is 1. The number of piperazine rings is 1. The number of carbonyl (C=O) groups excluding carboxylic acids is 1. The average Bonchev–Trinajstić information content (AvgIpc) is 2.92. The standard InChI is InChI=1S/C25H23Cl2F3N4O4S/c1-38-21-7-2-16(15-26)12-20(21)24(35)31-18-3-5-19(6-4-18)39(36,37)34-10-8-33(9-11-34)23-14-17(25(28,29)30)13-22(27)32-23/h2-7,12-14H,8-11,15H2,1H3,(H,31,35). The molecule has 0 radical (unpaired) electrons. The van der Waals surface area contributed by atoms with Gasteiger partial charge in [-0.05, 0) is 54.1 Å². The van der Waals surface area contributed by atoms with E-state index in [1.807, 2.05) is 0 Å². The van der Waals surface area contributed by atoms with Crippen molar-refractivity contribution in [1.29, 1.82) is 0 Å².